The first-order valence-corrected chi connectivity index (χ1v) is 19.2. The van der Waals surface area contributed by atoms with Gasteiger partial charge in [-0.1, -0.05) is 170 Å². The third-order valence-electron chi connectivity index (χ3n) is 11.2. The lowest BCUT2D eigenvalue weighted by molar-refractivity contribution is 0.516. The van der Waals surface area contributed by atoms with Crippen molar-refractivity contribution < 1.29 is 4.42 Å². The van der Waals surface area contributed by atoms with Gasteiger partial charge in [-0.25, -0.2) is 9.97 Å². The van der Waals surface area contributed by atoms with E-state index in [2.05, 4.69) is 174 Å². The van der Waals surface area contributed by atoms with Crippen molar-refractivity contribution in [3.05, 3.63) is 205 Å². The fourth-order valence-corrected chi connectivity index (χ4v) is 8.55. The first-order valence-electron chi connectivity index (χ1n) is 19.2. The highest BCUT2D eigenvalue weighted by molar-refractivity contribution is 6.16. The zero-order chi connectivity index (χ0) is 37.0. The molecule has 4 nitrogen and oxygen atoms in total. The van der Waals surface area contributed by atoms with Gasteiger partial charge < -0.3 is 8.98 Å². The molecule has 1 unspecified atom stereocenters. The largest absolute Gasteiger partial charge is 0.458 e. The van der Waals surface area contributed by atoms with Crippen LogP contribution >= 0.6 is 0 Å². The van der Waals surface area contributed by atoms with Crippen LogP contribution in [0, 0.1) is 0 Å². The van der Waals surface area contributed by atoms with Crippen molar-refractivity contribution in [3.8, 4) is 50.7 Å². The SMILES string of the molecule is C1=Cc2c(oc3c(-n4c5ccccc5c5c(-c6cc(-c7ccccc7)nc(-c7ccccc7)n6)cccc54)cccc23)C(c2ccc(-c3ccccc3)cc2)C1. The number of allylic oxidation sites excluding steroid dienone is 1. The third-order valence-corrected chi connectivity index (χ3v) is 11.2. The summed E-state index contributed by atoms with van der Waals surface area (Å²) < 4.78 is 9.45. The maximum atomic E-state index is 7.08. The van der Waals surface area contributed by atoms with E-state index >= 15 is 0 Å². The predicted octanol–water partition coefficient (Wildman–Crippen LogP) is 13.5. The molecule has 0 amide bonds. The van der Waals surface area contributed by atoms with Crippen molar-refractivity contribution in [2.24, 2.45) is 0 Å². The first-order chi connectivity index (χ1) is 27.8. The number of hydrogen-bond acceptors (Lipinski definition) is 3. The molecule has 0 spiro atoms. The monoisotopic (exact) mass is 717 g/mol. The highest BCUT2D eigenvalue weighted by Gasteiger charge is 2.28. The van der Waals surface area contributed by atoms with E-state index in [1.165, 1.54) is 16.7 Å². The Hall–Kier alpha value is -7.30. The molecule has 264 valence electrons. The van der Waals surface area contributed by atoms with Crippen molar-refractivity contribution in [3.63, 3.8) is 0 Å². The van der Waals surface area contributed by atoms with Gasteiger partial charge in [-0.3, -0.25) is 0 Å². The maximum Gasteiger partial charge on any atom is 0.160 e. The molecule has 0 N–H and O–H groups in total. The van der Waals surface area contributed by atoms with Crippen molar-refractivity contribution in [2.75, 3.05) is 0 Å². The molecule has 7 aromatic carbocycles. The van der Waals surface area contributed by atoms with Gasteiger partial charge in [0.15, 0.2) is 11.4 Å². The van der Waals surface area contributed by atoms with E-state index in [-0.39, 0.29) is 5.92 Å². The minimum atomic E-state index is 0.125. The van der Waals surface area contributed by atoms with Crippen LogP contribution in [0.3, 0.4) is 0 Å². The lowest BCUT2D eigenvalue weighted by atomic mass is 9.86. The Morgan fingerprint density at radius 3 is 1.93 bits per heavy atom. The van der Waals surface area contributed by atoms with Gasteiger partial charge in [0.1, 0.15) is 5.76 Å². The van der Waals surface area contributed by atoms with E-state index in [9.17, 15) is 0 Å². The average Bonchev–Trinajstić information content (AvgIpc) is 3.84. The van der Waals surface area contributed by atoms with Crippen molar-refractivity contribution in [1.82, 2.24) is 14.5 Å². The second-order valence-corrected chi connectivity index (χ2v) is 14.5. The molecule has 1 aliphatic rings. The minimum absolute atomic E-state index is 0.125. The van der Waals surface area contributed by atoms with Crippen molar-refractivity contribution in [2.45, 2.75) is 12.3 Å². The van der Waals surface area contributed by atoms with Crippen molar-refractivity contribution >= 4 is 38.9 Å². The summed E-state index contributed by atoms with van der Waals surface area (Å²) in [5, 5.41) is 3.42. The van der Waals surface area contributed by atoms with E-state index in [4.69, 9.17) is 14.4 Å². The molecule has 0 radical (unpaired) electrons. The first kappa shape index (κ1) is 32.2. The Labute approximate surface area is 324 Å². The zero-order valence-electron chi connectivity index (χ0n) is 30.5. The molecule has 3 aromatic heterocycles. The standard InChI is InChI=1S/C52H35N3O/c1-4-15-34(16-5-1)35-29-31-36(32-30-35)39-22-12-23-40-41-24-13-28-48(51(41)56-50(39)40)55-46-26-11-10-21-43(46)49-42(25-14-27-47(49)55)45-33-44(37-17-6-2-7-18-37)53-52(54-45)38-19-8-3-9-20-38/h1-21,23-33,39H,22H2. The van der Waals surface area contributed by atoms with Gasteiger partial charge in [0.25, 0.3) is 0 Å². The molecule has 0 bridgehead atoms. The van der Waals surface area contributed by atoms with Crippen LogP contribution in [-0.4, -0.2) is 14.5 Å². The predicted molar refractivity (Wildman–Crippen MR) is 230 cm³/mol. The molecule has 0 aliphatic heterocycles. The molecule has 4 heteroatoms. The molecule has 3 heterocycles. The number of rotatable bonds is 6. The molecule has 1 atom stereocenters. The van der Waals surface area contributed by atoms with Gasteiger partial charge in [0, 0.05) is 44.3 Å². The molecular weight excluding hydrogens is 683 g/mol. The molecule has 0 saturated carbocycles. The number of furan rings is 1. The maximum absolute atomic E-state index is 7.08. The Morgan fingerprint density at radius 1 is 0.518 bits per heavy atom. The van der Waals surface area contributed by atoms with Crippen LogP contribution in [0.25, 0.3) is 89.6 Å². The van der Waals surface area contributed by atoms with Gasteiger partial charge in [-0.2, -0.15) is 0 Å². The lowest BCUT2D eigenvalue weighted by Crippen LogP contribution is -2.03. The fraction of sp³-hybridized carbons (Fsp3) is 0.0385. The zero-order valence-corrected chi connectivity index (χ0v) is 30.5. The quantitative estimate of drug-likeness (QED) is 0.172. The Balaban J connectivity index is 1.09. The van der Waals surface area contributed by atoms with Gasteiger partial charge in [-0.15, -0.1) is 0 Å². The summed E-state index contributed by atoms with van der Waals surface area (Å²) in [6, 6.07) is 64.0. The number of hydrogen-bond donors (Lipinski definition) is 0. The summed E-state index contributed by atoms with van der Waals surface area (Å²) in [7, 11) is 0. The van der Waals surface area contributed by atoms with Gasteiger partial charge in [0.05, 0.1) is 28.1 Å². The van der Waals surface area contributed by atoms with Gasteiger partial charge in [0.2, 0.25) is 0 Å². The van der Waals surface area contributed by atoms with Gasteiger partial charge >= 0.3 is 0 Å². The molecular formula is C52H35N3O. The molecule has 1 aliphatic carbocycles. The Kier molecular flexibility index (Phi) is 7.59. The number of fused-ring (bicyclic) bond motifs is 6. The van der Waals surface area contributed by atoms with Crippen molar-refractivity contribution in [1.29, 1.82) is 0 Å². The highest BCUT2D eigenvalue weighted by atomic mass is 16.3. The summed E-state index contributed by atoms with van der Waals surface area (Å²) in [6.45, 7) is 0. The van der Waals surface area contributed by atoms with Crippen LogP contribution in [0.1, 0.15) is 29.2 Å². The summed E-state index contributed by atoms with van der Waals surface area (Å²) in [4.78, 5) is 10.3. The number of aromatic nitrogens is 3. The highest BCUT2D eigenvalue weighted by Crippen LogP contribution is 2.45. The van der Waals surface area contributed by atoms with Gasteiger partial charge in [-0.05, 0) is 47.4 Å². The summed E-state index contributed by atoms with van der Waals surface area (Å²) in [6.07, 6.45) is 5.43. The average molecular weight is 718 g/mol. The van der Waals surface area contributed by atoms with Crippen LogP contribution in [0.4, 0.5) is 0 Å². The molecule has 0 saturated heterocycles. The molecule has 56 heavy (non-hydrogen) atoms. The van der Waals surface area contributed by atoms with Crippen LogP contribution in [0.2, 0.25) is 0 Å². The van der Waals surface area contributed by atoms with Crippen LogP contribution in [0.5, 0.6) is 0 Å². The van der Waals surface area contributed by atoms with Crippen LogP contribution < -0.4 is 0 Å². The van der Waals surface area contributed by atoms with E-state index in [1.54, 1.807) is 0 Å². The second-order valence-electron chi connectivity index (χ2n) is 14.5. The Bertz CT molecular complexity index is 3030. The summed E-state index contributed by atoms with van der Waals surface area (Å²) in [5.74, 6) is 1.85. The number of para-hydroxylation sites is 2. The fourth-order valence-electron chi connectivity index (χ4n) is 8.55. The molecule has 0 fully saturated rings. The minimum Gasteiger partial charge on any atom is -0.458 e. The summed E-state index contributed by atoms with van der Waals surface area (Å²) in [5.41, 5.74) is 13.8. The normalized spacial score (nSPS) is 13.8. The van der Waals surface area contributed by atoms with E-state index in [0.29, 0.717) is 5.82 Å². The number of nitrogens with zero attached hydrogens (tertiary/aromatic N) is 3. The lowest BCUT2D eigenvalue weighted by Gasteiger charge is -2.18. The molecule has 10 aromatic rings. The second kappa shape index (κ2) is 13.2. The van der Waals surface area contributed by atoms with E-state index in [0.717, 1.165) is 84.3 Å². The van der Waals surface area contributed by atoms with Crippen LogP contribution in [0.15, 0.2) is 192 Å². The van der Waals surface area contributed by atoms with Crippen LogP contribution in [-0.2, 0) is 0 Å². The molecule has 11 rings (SSSR count). The van der Waals surface area contributed by atoms with E-state index in [1.807, 2.05) is 24.3 Å². The topological polar surface area (TPSA) is 43.9 Å². The third kappa shape index (κ3) is 5.30. The number of benzene rings is 7. The Morgan fingerprint density at radius 2 is 1.14 bits per heavy atom. The smallest absolute Gasteiger partial charge is 0.160 e. The van der Waals surface area contributed by atoms with E-state index < -0.39 is 0 Å². The summed E-state index contributed by atoms with van der Waals surface area (Å²) >= 11 is 0.